The van der Waals surface area contributed by atoms with E-state index in [-0.39, 0.29) is 31.2 Å². The molecule has 1 atom stereocenters. The fourth-order valence-corrected chi connectivity index (χ4v) is 2.31. The van der Waals surface area contributed by atoms with Crippen molar-refractivity contribution in [1.82, 2.24) is 4.90 Å². The number of carbonyl (C=O) groups excluding carboxylic acids is 1. The van der Waals surface area contributed by atoms with Crippen LogP contribution < -0.4 is 0 Å². The van der Waals surface area contributed by atoms with Crippen molar-refractivity contribution >= 4 is 11.9 Å². The minimum Gasteiger partial charge on any atom is -0.508 e. The number of rotatable bonds is 4. The summed E-state index contributed by atoms with van der Waals surface area (Å²) in [5.41, 5.74) is -0.0887. The lowest BCUT2D eigenvalue weighted by molar-refractivity contribution is -0.169. The minimum atomic E-state index is -0.959. The second-order valence-corrected chi connectivity index (χ2v) is 5.23. The molecule has 1 aromatic rings. The van der Waals surface area contributed by atoms with Gasteiger partial charge in [0.05, 0.1) is 18.6 Å². The number of aromatic hydroxyl groups is 1. The van der Waals surface area contributed by atoms with Crippen LogP contribution in [0.5, 0.6) is 5.75 Å². The van der Waals surface area contributed by atoms with E-state index in [0.29, 0.717) is 6.54 Å². The zero-order chi connectivity index (χ0) is 14.8. The topological polar surface area (TPSA) is 87.1 Å². The predicted octanol–water partition coefficient (Wildman–Crippen LogP) is 0.984. The first-order valence-corrected chi connectivity index (χ1v) is 6.29. The quantitative estimate of drug-likeness (QED) is 0.858. The number of nitrogens with zero attached hydrogens (tertiary/aromatic N) is 1. The number of hydrogen-bond donors (Lipinski definition) is 2. The number of carboxylic acid groups (broad SMARTS) is 1. The van der Waals surface area contributed by atoms with Crippen molar-refractivity contribution in [3.63, 3.8) is 0 Å². The molecule has 2 N–H and O–H groups in total. The molecule has 0 spiro atoms. The molecule has 0 aliphatic carbocycles. The van der Waals surface area contributed by atoms with Gasteiger partial charge in [-0.15, -0.1) is 0 Å². The van der Waals surface area contributed by atoms with E-state index in [1.54, 1.807) is 36.1 Å². The Bertz CT molecular complexity index is 530. The Balaban J connectivity index is 2.09. The van der Waals surface area contributed by atoms with Crippen LogP contribution in [0.15, 0.2) is 24.3 Å². The van der Waals surface area contributed by atoms with Gasteiger partial charge in [-0.25, -0.2) is 0 Å². The molecule has 0 saturated carbocycles. The van der Waals surface area contributed by atoms with E-state index in [0.717, 1.165) is 5.56 Å². The average Bonchev–Trinajstić information content (AvgIpc) is 2.33. The Morgan fingerprint density at radius 2 is 2.25 bits per heavy atom. The lowest BCUT2D eigenvalue weighted by Gasteiger charge is -2.39. The van der Waals surface area contributed by atoms with Gasteiger partial charge in [-0.3, -0.25) is 9.59 Å². The van der Waals surface area contributed by atoms with Crippen LogP contribution in [0.3, 0.4) is 0 Å². The highest BCUT2D eigenvalue weighted by atomic mass is 16.5. The summed E-state index contributed by atoms with van der Waals surface area (Å²) in [6.07, 6.45) is -0.156. The molecule has 6 nitrogen and oxygen atoms in total. The first kappa shape index (κ1) is 14.3. The summed E-state index contributed by atoms with van der Waals surface area (Å²) < 4.78 is 5.36. The lowest BCUT2D eigenvalue weighted by Crippen LogP contribution is -2.53. The molecule has 1 saturated heterocycles. The average molecular weight is 279 g/mol. The highest BCUT2D eigenvalue weighted by Gasteiger charge is 2.37. The maximum absolute atomic E-state index is 11.8. The Morgan fingerprint density at radius 3 is 2.90 bits per heavy atom. The van der Waals surface area contributed by atoms with Crippen molar-refractivity contribution in [1.29, 1.82) is 0 Å². The molecular weight excluding hydrogens is 262 g/mol. The summed E-state index contributed by atoms with van der Waals surface area (Å²) in [6, 6.07) is 6.64. The third-order valence-corrected chi connectivity index (χ3v) is 3.23. The number of benzene rings is 1. The third kappa shape index (κ3) is 3.48. The molecule has 1 unspecified atom stereocenters. The van der Waals surface area contributed by atoms with Crippen molar-refractivity contribution in [2.24, 2.45) is 0 Å². The molecular formula is C14H17NO5. The molecule has 1 aliphatic heterocycles. The van der Waals surface area contributed by atoms with Crippen LogP contribution in [0.1, 0.15) is 18.9 Å². The van der Waals surface area contributed by atoms with Crippen LogP contribution >= 0.6 is 0 Å². The van der Waals surface area contributed by atoms with Crippen LogP contribution in [-0.2, 0) is 20.9 Å². The van der Waals surface area contributed by atoms with Crippen LogP contribution in [0.4, 0.5) is 0 Å². The standard InChI is InChI=1S/C14H17NO5/c1-14(6-13(18)19)9-15(12(17)8-20-14)7-10-3-2-4-11(16)5-10/h2-5,16H,6-9H2,1H3,(H,18,19). The normalized spacial score (nSPS) is 22.9. The number of phenols is 1. The van der Waals surface area contributed by atoms with Gasteiger partial charge in [0, 0.05) is 6.54 Å². The number of morpholine rings is 1. The van der Waals surface area contributed by atoms with Crippen molar-refractivity contribution in [2.45, 2.75) is 25.5 Å². The second-order valence-electron chi connectivity index (χ2n) is 5.23. The summed E-state index contributed by atoms with van der Waals surface area (Å²) in [5, 5.41) is 18.3. The van der Waals surface area contributed by atoms with Crippen LogP contribution in [0.25, 0.3) is 0 Å². The lowest BCUT2D eigenvalue weighted by atomic mass is 9.99. The number of aliphatic carboxylic acids is 1. The smallest absolute Gasteiger partial charge is 0.306 e. The van der Waals surface area contributed by atoms with Crippen LogP contribution in [0.2, 0.25) is 0 Å². The van der Waals surface area contributed by atoms with Gasteiger partial charge >= 0.3 is 5.97 Å². The molecule has 1 aromatic carbocycles. The predicted molar refractivity (Wildman–Crippen MR) is 70.1 cm³/mol. The molecule has 0 bridgehead atoms. The summed E-state index contributed by atoms with van der Waals surface area (Å²) >= 11 is 0. The van der Waals surface area contributed by atoms with E-state index < -0.39 is 11.6 Å². The highest BCUT2D eigenvalue weighted by Crippen LogP contribution is 2.24. The van der Waals surface area contributed by atoms with Gasteiger partial charge in [-0.2, -0.15) is 0 Å². The summed E-state index contributed by atoms with van der Waals surface area (Å²) in [7, 11) is 0. The molecule has 0 aromatic heterocycles. The van der Waals surface area contributed by atoms with E-state index in [4.69, 9.17) is 9.84 Å². The molecule has 0 radical (unpaired) electrons. The molecule has 1 fully saturated rings. The molecule has 1 aliphatic rings. The first-order chi connectivity index (χ1) is 9.38. The SMILES string of the molecule is CC1(CC(=O)O)CN(Cc2cccc(O)c2)C(=O)CO1. The largest absolute Gasteiger partial charge is 0.508 e. The van der Waals surface area contributed by atoms with Crippen molar-refractivity contribution in [2.75, 3.05) is 13.2 Å². The van der Waals surface area contributed by atoms with E-state index in [1.165, 1.54) is 0 Å². The Morgan fingerprint density at radius 1 is 1.50 bits per heavy atom. The maximum Gasteiger partial charge on any atom is 0.306 e. The van der Waals surface area contributed by atoms with Crippen molar-refractivity contribution < 1.29 is 24.5 Å². The molecule has 6 heteroatoms. The zero-order valence-electron chi connectivity index (χ0n) is 11.2. The number of amides is 1. The number of hydrogen-bond acceptors (Lipinski definition) is 4. The van der Waals surface area contributed by atoms with Gasteiger partial charge in [0.1, 0.15) is 12.4 Å². The van der Waals surface area contributed by atoms with Gasteiger partial charge in [0.15, 0.2) is 0 Å². The Kier molecular flexibility index (Phi) is 3.94. The van der Waals surface area contributed by atoms with E-state index >= 15 is 0 Å². The summed E-state index contributed by atoms with van der Waals surface area (Å²) in [6.45, 7) is 2.10. The van der Waals surface area contributed by atoms with Crippen LogP contribution in [-0.4, -0.2) is 45.7 Å². The fourth-order valence-electron chi connectivity index (χ4n) is 2.31. The van der Waals surface area contributed by atoms with E-state index in [1.807, 2.05) is 0 Å². The van der Waals surface area contributed by atoms with Gasteiger partial charge in [-0.1, -0.05) is 12.1 Å². The molecule has 20 heavy (non-hydrogen) atoms. The minimum absolute atomic E-state index is 0.122. The van der Waals surface area contributed by atoms with Gasteiger partial charge in [-0.05, 0) is 24.6 Å². The Labute approximate surface area is 116 Å². The molecule has 108 valence electrons. The number of ether oxygens (including phenoxy) is 1. The summed E-state index contributed by atoms with van der Waals surface area (Å²) in [5.74, 6) is -1.01. The third-order valence-electron chi connectivity index (χ3n) is 3.23. The highest BCUT2D eigenvalue weighted by molar-refractivity contribution is 5.79. The number of carbonyl (C=O) groups is 2. The fraction of sp³-hybridized carbons (Fsp3) is 0.429. The van der Waals surface area contributed by atoms with Gasteiger partial charge in [0.2, 0.25) is 5.91 Å². The zero-order valence-corrected chi connectivity index (χ0v) is 11.2. The Hall–Kier alpha value is -2.08. The van der Waals surface area contributed by atoms with Crippen LogP contribution in [0, 0.1) is 0 Å². The maximum atomic E-state index is 11.8. The molecule has 1 heterocycles. The van der Waals surface area contributed by atoms with E-state index in [2.05, 4.69) is 0 Å². The van der Waals surface area contributed by atoms with Crippen molar-refractivity contribution in [3.8, 4) is 5.75 Å². The monoisotopic (exact) mass is 279 g/mol. The first-order valence-electron chi connectivity index (χ1n) is 6.29. The van der Waals surface area contributed by atoms with Crippen molar-refractivity contribution in [3.05, 3.63) is 29.8 Å². The second kappa shape index (κ2) is 5.50. The van der Waals surface area contributed by atoms with E-state index in [9.17, 15) is 14.7 Å². The number of carboxylic acids is 1. The molecule has 1 amide bonds. The number of phenolic OH excluding ortho intramolecular Hbond substituents is 1. The van der Waals surface area contributed by atoms with Gasteiger partial charge in [0.25, 0.3) is 0 Å². The molecule has 2 rings (SSSR count). The van der Waals surface area contributed by atoms with Gasteiger partial charge < -0.3 is 19.8 Å². The summed E-state index contributed by atoms with van der Waals surface area (Å²) in [4.78, 5) is 24.3.